The van der Waals surface area contributed by atoms with Crippen LogP contribution in [-0.2, 0) is 0 Å². The van der Waals surface area contributed by atoms with Gasteiger partial charge >= 0.3 is 0 Å². The number of rotatable bonds is 6. The molecular formula is C19H23N3O2S. The van der Waals surface area contributed by atoms with E-state index in [4.69, 9.17) is 17.0 Å². The van der Waals surface area contributed by atoms with Crippen LogP contribution in [0, 0.1) is 0 Å². The number of hydrogen-bond acceptors (Lipinski definition) is 4. The Morgan fingerprint density at radius 1 is 1.04 bits per heavy atom. The summed E-state index contributed by atoms with van der Waals surface area (Å²) in [6, 6.07) is 14.8. The van der Waals surface area contributed by atoms with Crippen molar-refractivity contribution in [2.75, 3.05) is 30.4 Å². The molecule has 0 spiro atoms. The number of thiocarbonyl (C=S) groups is 1. The van der Waals surface area contributed by atoms with Crippen LogP contribution in [-0.4, -0.2) is 31.2 Å². The summed E-state index contributed by atoms with van der Waals surface area (Å²) in [5.41, 5.74) is 2.50. The van der Waals surface area contributed by atoms with Gasteiger partial charge in [-0.3, -0.25) is 10.1 Å². The normalized spacial score (nSPS) is 10.0. The van der Waals surface area contributed by atoms with E-state index in [1.807, 2.05) is 24.3 Å². The van der Waals surface area contributed by atoms with Gasteiger partial charge in [0.1, 0.15) is 5.75 Å². The van der Waals surface area contributed by atoms with Crippen molar-refractivity contribution in [3.05, 3.63) is 54.1 Å². The van der Waals surface area contributed by atoms with Crippen LogP contribution < -0.4 is 20.3 Å². The predicted octanol–water partition coefficient (Wildman–Crippen LogP) is 3.67. The number of amides is 1. The van der Waals surface area contributed by atoms with Gasteiger partial charge < -0.3 is 15.0 Å². The van der Waals surface area contributed by atoms with Crippen molar-refractivity contribution in [2.45, 2.75) is 13.8 Å². The number of methoxy groups -OCH3 is 1. The lowest BCUT2D eigenvalue weighted by atomic mass is 10.2. The summed E-state index contributed by atoms with van der Waals surface area (Å²) in [4.78, 5) is 14.4. The zero-order valence-corrected chi connectivity index (χ0v) is 15.5. The van der Waals surface area contributed by atoms with Crippen LogP contribution in [0.5, 0.6) is 5.75 Å². The third-order valence-corrected chi connectivity index (χ3v) is 4.04. The molecular weight excluding hydrogens is 334 g/mol. The standard InChI is InChI=1S/C19H23N3O2S/c1-4-22(5-2)16-10-8-15(9-11-16)20-19(25)21-18(23)14-6-12-17(24-3)13-7-14/h6-13H,4-5H2,1-3H3,(H2,20,21,23,25). The number of carbonyl (C=O) groups excluding carboxylic acids is 1. The number of ether oxygens (including phenoxy) is 1. The van der Waals surface area contributed by atoms with E-state index in [1.165, 1.54) is 0 Å². The van der Waals surface area contributed by atoms with Crippen LogP contribution in [0.25, 0.3) is 0 Å². The minimum Gasteiger partial charge on any atom is -0.497 e. The molecule has 0 heterocycles. The Morgan fingerprint density at radius 3 is 2.16 bits per heavy atom. The highest BCUT2D eigenvalue weighted by Crippen LogP contribution is 2.17. The van der Waals surface area contributed by atoms with Crippen LogP contribution in [0.3, 0.4) is 0 Å². The Hall–Kier alpha value is -2.60. The maximum Gasteiger partial charge on any atom is 0.257 e. The Balaban J connectivity index is 1.93. The van der Waals surface area contributed by atoms with E-state index < -0.39 is 0 Å². The first-order chi connectivity index (χ1) is 12.1. The van der Waals surface area contributed by atoms with Gasteiger partial charge in [0.15, 0.2) is 5.11 Å². The zero-order chi connectivity index (χ0) is 18.2. The van der Waals surface area contributed by atoms with Crippen molar-refractivity contribution in [3.8, 4) is 5.75 Å². The van der Waals surface area contributed by atoms with E-state index in [9.17, 15) is 4.79 Å². The molecule has 0 fully saturated rings. The van der Waals surface area contributed by atoms with Gasteiger partial charge in [-0.25, -0.2) is 0 Å². The molecule has 0 aliphatic heterocycles. The number of nitrogens with one attached hydrogen (secondary N) is 2. The van der Waals surface area contributed by atoms with Gasteiger partial charge in [-0.1, -0.05) is 0 Å². The van der Waals surface area contributed by atoms with E-state index in [-0.39, 0.29) is 11.0 Å². The summed E-state index contributed by atoms with van der Waals surface area (Å²) < 4.78 is 5.08. The van der Waals surface area contributed by atoms with E-state index in [0.29, 0.717) is 11.3 Å². The molecule has 0 aliphatic rings. The molecule has 2 aromatic rings. The molecule has 0 bridgehead atoms. The van der Waals surface area contributed by atoms with Gasteiger partial charge in [-0.15, -0.1) is 0 Å². The van der Waals surface area contributed by atoms with Crippen molar-refractivity contribution >= 4 is 34.6 Å². The number of nitrogens with zero attached hydrogens (tertiary/aromatic N) is 1. The highest BCUT2D eigenvalue weighted by molar-refractivity contribution is 7.80. The minimum atomic E-state index is -0.264. The highest BCUT2D eigenvalue weighted by atomic mass is 32.1. The van der Waals surface area contributed by atoms with Crippen molar-refractivity contribution < 1.29 is 9.53 Å². The number of hydrogen-bond donors (Lipinski definition) is 2. The average Bonchev–Trinajstić information content (AvgIpc) is 2.64. The molecule has 0 saturated heterocycles. The second kappa shape index (κ2) is 9.03. The van der Waals surface area contributed by atoms with Gasteiger partial charge in [-0.2, -0.15) is 0 Å². The lowest BCUT2D eigenvalue weighted by Gasteiger charge is -2.21. The molecule has 0 radical (unpaired) electrons. The monoisotopic (exact) mass is 357 g/mol. The summed E-state index contributed by atoms with van der Waals surface area (Å²) in [5.74, 6) is 0.436. The molecule has 0 unspecified atom stereocenters. The van der Waals surface area contributed by atoms with Gasteiger partial charge in [0, 0.05) is 30.0 Å². The molecule has 132 valence electrons. The smallest absolute Gasteiger partial charge is 0.257 e. The highest BCUT2D eigenvalue weighted by Gasteiger charge is 2.08. The van der Waals surface area contributed by atoms with E-state index in [2.05, 4.69) is 29.4 Å². The van der Waals surface area contributed by atoms with Crippen molar-refractivity contribution in [1.82, 2.24) is 5.32 Å². The molecule has 0 aromatic heterocycles. The summed E-state index contributed by atoms with van der Waals surface area (Å²) in [6.45, 7) is 6.16. The summed E-state index contributed by atoms with van der Waals surface area (Å²) in [7, 11) is 1.58. The van der Waals surface area contributed by atoms with Crippen LogP contribution >= 0.6 is 12.2 Å². The van der Waals surface area contributed by atoms with Crippen molar-refractivity contribution in [3.63, 3.8) is 0 Å². The number of benzene rings is 2. The van der Waals surface area contributed by atoms with Crippen LogP contribution in [0.2, 0.25) is 0 Å². The van der Waals surface area contributed by atoms with Gasteiger partial charge in [-0.05, 0) is 74.6 Å². The lowest BCUT2D eigenvalue weighted by Crippen LogP contribution is -2.34. The van der Waals surface area contributed by atoms with Crippen LogP contribution in [0.15, 0.2) is 48.5 Å². The molecule has 6 heteroatoms. The first-order valence-corrected chi connectivity index (χ1v) is 8.59. The van der Waals surface area contributed by atoms with Gasteiger partial charge in [0.05, 0.1) is 7.11 Å². The maximum atomic E-state index is 12.2. The fraction of sp³-hybridized carbons (Fsp3) is 0.263. The molecule has 2 N–H and O–H groups in total. The lowest BCUT2D eigenvalue weighted by molar-refractivity contribution is 0.0977. The molecule has 2 rings (SSSR count). The Morgan fingerprint density at radius 2 is 1.64 bits per heavy atom. The third kappa shape index (κ3) is 5.19. The van der Waals surface area contributed by atoms with Gasteiger partial charge in [0.25, 0.3) is 5.91 Å². The molecule has 2 aromatic carbocycles. The van der Waals surface area contributed by atoms with E-state index >= 15 is 0 Å². The molecule has 0 atom stereocenters. The predicted molar refractivity (Wildman–Crippen MR) is 107 cm³/mol. The first kappa shape index (κ1) is 18.7. The quantitative estimate of drug-likeness (QED) is 0.773. The third-order valence-electron chi connectivity index (χ3n) is 3.83. The van der Waals surface area contributed by atoms with Crippen molar-refractivity contribution in [2.24, 2.45) is 0 Å². The fourth-order valence-electron chi connectivity index (χ4n) is 2.42. The minimum absolute atomic E-state index is 0.261. The Bertz CT molecular complexity index is 710. The van der Waals surface area contributed by atoms with Crippen LogP contribution in [0.4, 0.5) is 11.4 Å². The SMILES string of the molecule is CCN(CC)c1ccc(NC(=S)NC(=O)c2ccc(OC)cc2)cc1. The van der Waals surface area contributed by atoms with E-state index in [0.717, 1.165) is 24.5 Å². The molecule has 5 nitrogen and oxygen atoms in total. The van der Waals surface area contributed by atoms with Crippen LogP contribution in [0.1, 0.15) is 24.2 Å². The van der Waals surface area contributed by atoms with Crippen molar-refractivity contribution in [1.29, 1.82) is 0 Å². The average molecular weight is 357 g/mol. The fourth-order valence-corrected chi connectivity index (χ4v) is 2.63. The number of carbonyl (C=O) groups is 1. The summed E-state index contributed by atoms with van der Waals surface area (Å²) in [5, 5.41) is 5.96. The second-order valence-electron chi connectivity index (χ2n) is 5.36. The molecule has 0 saturated carbocycles. The summed E-state index contributed by atoms with van der Waals surface area (Å²) in [6.07, 6.45) is 0. The van der Waals surface area contributed by atoms with Gasteiger partial charge in [0.2, 0.25) is 0 Å². The second-order valence-corrected chi connectivity index (χ2v) is 5.76. The van der Waals surface area contributed by atoms with E-state index in [1.54, 1.807) is 31.4 Å². The maximum absolute atomic E-state index is 12.2. The largest absolute Gasteiger partial charge is 0.497 e. The first-order valence-electron chi connectivity index (χ1n) is 8.18. The molecule has 1 amide bonds. The zero-order valence-electron chi connectivity index (χ0n) is 14.7. The summed E-state index contributed by atoms with van der Waals surface area (Å²) >= 11 is 5.21. The molecule has 25 heavy (non-hydrogen) atoms. The Kier molecular flexibility index (Phi) is 6.77. The topological polar surface area (TPSA) is 53.6 Å². The number of anilines is 2. The Labute approximate surface area is 154 Å². The molecule has 0 aliphatic carbocycles.